The fourth-order valence-electron chi connectivity index (χ4n) is 2.00. The summed E-state index contributed by atoms with van der Waals surface area (Å²) in [5, 5.41) is 3.52. The summed E-state index contributed by atoms with van der Waals surface area (Å²) in [5.74, 6) is 0. The predicted octanol–water partition coefficient (Wildman–Crippen LogP) is 2.19. The highest BCUT2D eigenvalue weighted by atomic mass is 16.5. The third-order valence-corrected chi connectivity index (χ3v) is 3.27. The summed E-state index contributed by atoms with van der Waals surface area (Å²) in [6.45, 7) is 9.42. The van der Waals surface area contributed by atoms with Gasteiger partial charge in [0.2, 0.25) is 0 Å². The van der Waals surface area contributed by atoms with Crippen molar-refractivity contribution in [3.63, 3.8) is 0 Å². The van der Waals surface area contributed by atoms with E-state index in [1.807, 2.05) is 0 Å². The molecule has 0 radical (unpaired) electrons. The SMILES string of the molecule is CCNC(C)C1(CCOCC)CC1. The quantitative estimate of drug-likeness (QED) is 0.614. The molecule has 0 aliphatic heterocycles. The Morgan fingerprint density at radius 2 is 2.08 bits per heavy atom. The van der Waals surface area contributed by atoms with Crippen LogP contribution in [-0.2, 0) is 4.74 Å². The third-order valence-electron chi connectivity index (χ3n) is 3.27. The summed E-state index contributed by atoms with van der Waals surface area (Å²) in [6.07, 6.45) is 4.00. The first-order valence-electron chi connectivity index (χ1n) is 5.56. The normalized spacial score (nSPS) is 21.5. The lowest BCUT2D eigenvalue weighted by atomic mass is 9.94. The van der Waals surface area contributed by atoms with Crippen molar-refractivity contribution in [3.05, 3.63) is 0 Å². The van der Waals surface area contributed by atoms with E-state index in [-0.39, 0.29) is 0 Å². The fraction of sp³-hybridized carbons (Fsp3) is 1.00. The molecule has 1 fully saturated rings. The van der Waals surface area contributed by atoms with Crippen molar-refractivity contribution in [2.75, 3.05) is 19.8 Å². The molecule has 0 saturated heterocycles. The molecule has 0 aromatic heterocycles. The molecular formula is C11H23NO. The average Bonchev–Trinajstić information content (AvgIpc) is 2.87. The molecule has 1 atom stereocenters. The molecule has 1 saturated carbocycles. The van der Waals surface area contributed by atoms with Crippen molar-refractivity contribution in [3.8, 4) is 0 Å². The summed E-state index contributed by atoms with van der Waals surface area (Å²) < 4.78 is 5.41. The first-order chi connectivity index (χ1) is 6.25. The molecule has 0 spiro atoms. The standard InChI is InChI=1S/C11H23NO/c1-4-12-10(3)11(6-7-11)8-9-13-5-2/h10,12H,4-9H2,1-3H3. The van der Waals surface area contributed by atoms with E-state index in [1.54, 1.807) is 0 Å². The van der Waals surface area contributed by atoms with Crippen LogP contribution in [-0.4, -0.2) is 25.8 Å². The van der Waals surface area contributed by atoms with Crippen LogP contribution in [0.15, 0.2) is 0 Å². The monoisotopic (exact) mass is 185 g/mol. The Morgan fingerprint density at radius 3 is 2.54 bits per heavy atom. The highest BCUT2D eigenvalue weighted by Crippen LogP contribution is 2.51. The van der Waals surface area contributed by atoms with E-state index < -0.39 is 0 Å². The lowest BCUT2D eigenvalue weighted by Crippen LogP contribution is -2.35. The second kappa shape index (κ2) is 4.97. The molecule has 13 heavy (non-hydrogen) atoms. The minimum atomic E-state index is 0.575. The van der Waals surface area contributed by atoms with Crippen molar-refractivity contribution < 1.29 is 4.74 Å². The summed E-state index contributed by atoms with van der Waals surface area (Å²) in [5.41, 5.74) is 0.575. The van der Waals surface area contributed by atoms with Crippen molar-refractivity contribution in [2.24, 2.45) is 5.41 Å². The van der Waals surface area contributed by atoms with Crippen LogP contribution in [0.25, 0.3) is 0 Å². The molecule has 0 heterocycles. The molecule has 0 bridgehead atoms. The van der Waals surface area contributed by atoms with E-state index in [9.17, 15) is 0 Å². The molecule has 2 nitrogen and oxygen atoms in total. The number of nitrogens with one attached hydrogen (secondary N) is 1. The predicted molar refractivity (Wildman–Crippen MR) is 55.9 cm³/mol. The molecule has 0 aromatic rings. The van der Waals surface area contributed by atoms with Crippen LogP contribution in [0, 0.1) is 5.41 Å². The number of hydrogen-bond acceptors (Lipinski definition) is 2. The van der Waals surface area contributed by atoms with Gasteiger partial charge in [0.05, 0.1) is 0 Å². The highest BCUT2D eigenvalue weighted by molar-refractivity contribution is 4.99. The van der Waals surface area contributed by atoms with Crippen molar-refractivity contribution >= 4 is 0 Å². The van der Waals surface area contributed by atoms with Crippen LogP contribution in [0.2, 0.25) is 0 Å². The van der Waals surface area contributed by atoms with Crippen molar-refractivity contribution in [1.29, 1.82) is 0 Å². The number of rotatable bonds is 7. The Morgan fingerprint density at radius 1 is 1.38 bits per heavy atom. The van der Waals surface area contributed by atoms with E-state index in [1.165, 1.54) is 19.3 Å². The Kier molecular flexibility index (Phi) is 4.20. The minimum Gasteiger partial charge on any atom is -0.382 e. The molecule has 0 aromatic carbocycles. The minimum absolute atomic E-state index is 0.575. The maximum absolute atomic E-state index is 5.41. The van der Waals surface area contributed by atoms with Gasteiger partial charge < -0.3 is 10.1 Å². The smallest absolute Gasteiger partial charge is 0.0471 e. The zero-order chi connectivity index (χ0) is 9.73. The maximum atomic E-state index is 5.41. The van der Waals surface area contributed by atoms with Crippen LogP contribution in [0.5, 0.6) is 0 Å². The van der Waals surface area contributed by atoms with Gasteiger partial charge in [0, 0.05) is 19.3 Å². The van der Waals surface area contributed by atoms with Crippen LogP contribution in [0.3, 0.4) is 0 Å². The van der Waals surface area contributed by atoms with Crippen LogP contribution < -0.4 is 5.32 Å². The van der Waals surface area contributed by atoms with Gasteiger partial charge in [0.15, 0.2) is 0 Å². The number of hydrogen-bond donors (Lipinski definition) is 1. The molecule has 78 valence electrons. The molecule has 0 amide bonds. The van der Waals surface area contributed by atoms with E-state index in [4.69, 9.17) is 4.74 Å². The van der Waals surface area contributed by atoms with E-state index in [0.717, 1.165) is 19.8 Å². The van der Waals surface area contributed by atoms with E-state index >= 15 is 0 Å². The van der Waals surface area contributed by atoms with Crippen molar-refractivity contribution in [1.82, 2.24) is 5.32 Å². The third kappa shape index (κ3) is 2.96. The lowest BCUT2D eigenvalue weighted by Gasteiger charge is -2.23. The van der Waals surface area contributed by atoms with Gasteiger partial charge in [-0.3, -0.25) is 0 Å². The zero-order valence-electron chi connectivity index (χ0n) is 9.23. The van der Waals surface area contributed by atoms with Gasteiger partial charge in [-0.15, -0.1) is 0 Å². The van der Waals surface area contributed by atoms with Gasteiger partial charge in [-0.1, -0.05) is 6.92 Å². The summed E-state index contributed by atoms with van der Waals surface area (Å²) >= 11 is 0. The Balaban J connectivity index is 2.21. The first-order valence-corrected chi connectivity index (χ1v) is 5.56. The summed E-state index contributed by atoms with van der Waals surface area (Å²) in [6, 6.07) is 0.665. The van der Waals surface area contributed by atoms with Gasteiger partial charge in [-0.05, 0) is 45.1 Å². The summed E-state index contributed by atoms with van der Waals surface area (Å²) in [7, 11) is 0. The zero-order valence-corrected chi connectivity index (χ0v) is 9.23. The molecular weight excluding hydrogens is 162 g/mol. The van der Waals surface area contributed by atoms with Crippen LogP contribution in [0.4, 0.5) is 0 Å². The van der Waals surface area contributed by atoms with Gasteiger partial charge >= 0.3 is 0 Å². The fourth-order valence-corrected chi connectivity index (χ4v) is 2.00. The van der Waals surface area contributed by atoms with Gasteiger partial charge in [-0.25, -0.2) is 0 Å². The molecule has 1 aliphatic carbocycles. The topological polar surface area (TPSA) is 21.3 Å². The Labute approximate surface area is 82.0 Å². The second-order valence-electron chi connectivity index (χ2n) is 4.09. The lowest BCUT2D eigenvalue weighted by molar-refractivity contribution is 0.121. The Bertz CT molecular complexity index is 143. The van der Waals surface area contributed by atoms with Gasteiger partial charge in [0.25, 0.3) is 0 Å². The second-order valence-corrected chi connectivity index (χ2v) is 4.09. The Hall–Kier alpha value is -0.0800. The van der Waals surface area contributed by atoms with Gasteiger partial charge in [0.1, 0.15) is 0 Å². The van der Waals surface area contributed by atoms with Crippen LogP contribution in [0.1, 0.15) is 40.0 Å². The largest absolute Gasteiger partial charge is 0.382 e. The summed E-state index contributed by atoms with van der Waals surface area (Å²) in [4.78, 5) is 0. The van der Waals surface area contributed by atoms with E-state index in [2.05, 4.69) is 26.1 Å². The molecule has 2 heteroatoms. The average molecular weight is 185 g/mol. The van der Waals surface area contributed by atoms with Crippen molar-refractivity contribution in [2.45, 2.75) is 46.1 Å². The molecule has 1 N–H and O–H groups in total. The van der Waals surface area contributed by atoms with Crippen LogP contribution >= 0.6 is 0 Å². The van der Waals surface area contributed by atoms with Gasteiger partial charge in [-0.2, -0.15) is 0 Å². The molecule has 1 rings (SSSR count). The highest BCUT2D eigenvalue weighted by Gasteiger charge is 2.46. The molecule has 1 aliphatic rings. The van der Waals surface area contributed by atoms with E-state index in [0.29, 0.717) is 11.5 Å². The number of ether oxygens (including phenoxy) is 1. The maximum Gasteiger partial charge on any atom is 0.0471 e. The molecule has 1 unspecified atom stereocenters. The first kappa shape index (κ1) is 11.0.